The second kappa shape index (κ2) is 9.08. The van der Waals surface area contributed by atoms with E-state index in [2.05, 4.69) is 34.3 Å². The van der Waals surface area contributed by atoms with Gasteiger partial charge >= 0.3 is 0 Å². The Bertz CT molecular complexity index is 1080. The zero-order valence-electron chi connectivity index (χ0n) is 18.5. The summed E-state index contributed by atoms with van der Waals surface area (Å²) in [6.45, 7) is 5.19. The topological polar surface area (TPSA) is 63.7 Å². The predicted molar refractivity (Wildman–Crippen MR) is 127 cm³/mol. The molecule has 0 aliphatic carbocycles. The number of nitrogens with one attached hydrogen (secondary N) is 1. The maximum Gasteiger partial charge on any atom is 0.279 e. The number of thiazole rings is 1. The highest BCUT2D eigenvalue weighted by Gasteiger charge is 2.41. The van der Waals surface area contributed by atoms with Gasteiger partial charge in [-0.2, -0.15) is 0 Å². The summed E-state index contributed by atoms with van der Waals surface area (Å²) in [5, 5.41) is 4.26. The van der Waals surface area contributed by atoms with Gasteiger partial charge in [-0.05, 0) is 74.6 Å². The van der Waals surface area contributed by atoms with Gasteiger partial charge in [0.05, 0.1) is 10.2 Å². The molecule has 7 heteroatoms. The number of aryl methyl sites for hydroxylation is 1. The molecule has 6 nitrogen and oxygen atoms in total. The Kier molecular flexibility index (Phi) is 6.02. The maximum absolute atomic E-state index is 11.8. The van der Waals surface area contributed by atoms with Crippen LogP contribution in [-0.4, -0.2) is 47.1 Å². The lowest BCUT2D eigenvalue weighted by Crippen LogP contribution is -2.51. The van der Waals surface area contributed by atoms with Crippen LogP contribution in [0.3, 0.4) is 0 Å². The second-order valence-electron chi connectivity index (χ2n) is 8.81. The summed E-state index contributed by atoms with van der Waals surface area (Å²) in [6.07, 6.45) is 4.38. The van der Waals surface area contributed by atoms with Crippen molar-refractivity contribution in [3.05, 3.63) is 48.0 Å². The van der Waals surface area contributed by atoms with Gasteiger partial charge in [-0.1, -0.05) is 17.4 Å². The maximum atomic E-state index is 11.8. The molecule has 1 unspecified atom stereocenters. The first-order valence-corrected chi connectivity index (χ1v) is 12.2. The molecular weight excluding hydrogens is 422 g/mol. The van der Waals surface area contributed by atoms with E-state index in [-0.39, 0.29) is 5.91 Å². The molecule has 3 heterocycles. The molecule has 2 aliphatic rings. The Morgan fingerprint density at radius 3 is 2.56 bits per heavy atom. The Morgan fingerprint density at radius 1 is 1.12 bits per heavy atom. The van der Waals surface area contributed by atoms with Crippen LogP contribution in [0.4, 0.5) is 0 Å². The van der Waals surface area contributed by atoms with Crippen molar-refractivity contribution in [1.82, 2.24) is 15.2 Å². The van der Waals surface area contributed by atoms with Crippen LogP contribution in [0.5, 0.6) is 16.7 Å². The fourth-order valence-electron chi connectivity index (χ4n) is 5.05. The van der Waals surface area contributed by atoms with Crippen LogP contribution in [0.1, 0.15) is 38.2 Å². The van der Waals surface area contributed by atoms with Crippen molar-refractivity contribution in [3.8, 4) is 16.7 Å². The zero-order valence-corrected chi connectivity index (χ0v) is 19.4. The van der Waals surface area contributed by atoms with E-state index in [1.807, 2.05) is 30.3 Å². The van der Waals surface area contributed by atoms with Gasteiger partial charge < -0.3 is 19.7 Å². The highest BCUT2D eigenvalue weighted by molar-refractivity contribution is 7.20. The SMILES string of the molecule is CC(=O)N1[C@@H]2CC[C@H]1CC(NCCOc1ccc(Oc3nc4ccc(C)cc4s3)cc1)C2. The number of hydrogen-bond donors (Lipinski definition) is 1. The third-order valence-electron chi connectivity index (χ3n) is 6.45. The molecule has 1 N–H and O–H groups in total. The molecule has 3 atom stereocenters. The van der Waals surface area contributed by atoms with E-state index in [9.17, 15) is 4.79 Å². The van der Waals surface area contributed by atoms with Crippen molar-refractivity contribution in [2.45, 2.75) is 57.7 Å². The predicted octanol–water partition coefficient (Wildman–Crippen LogP) is 4.91. The first kappa shape index (κ1) is 21.2. The summed E-state index contributed by atoms with van der Waals surface area (Å²) in [4.78, 5) is 18.5. The summed E-state index contributed by atoms with van der Waals surface area (Å²) >= 11 is 1.55. The molecule has 0 saturated carbocycles. The number of carbonyl (C=O) groups excluding carboxylic acids is 1. The van der Waals surface area contributed by atoms with E-state index in [1.54, 1.807) is 18.3 Å². The number of ether oxygens (including phenoxy) is 2. The molecule has 2 aromatic carbocycles. The third kappa shape index (κ3) is 4.59. The second-order valence-corrected chi connectivity index (χ2v) is 9.80. The first-order valence-electron chi connectivity index (χ1n) is 11.4. The lowest BCUT2D eigenvalue weighted by molar-refractivity contribution is -0.133. The van der Waals surface area contributed by atoms with E-state index in [0.29, 0.717) is 29.9 Å². The highest BCUT2D eigenvalue weighted by atomic mass is 32.1. The fourth-order valence-corrected chi connectivity index (χ4v) is 5.98. The number of carbonyl (C=O) groups is 1. The Labute approximate surface area is 192 Å². The van der Waals surface area contributed by atoms with Gasteiger partial charge in [0, 0.05) is 31.6 Å². The number of piperidine rings is 1. The quantitative estimate of drug-likeness (QED) is 0.517. The Balaban J connectivity index is 1.07. The highest BCUT2D eigenvalue weighted by Crippen LogP contribution is 2.36. The van der Waals surface area contributed by atoms with Crippen LogP contribution in [0.15, 0.2) is 42.5 Å². The third-order valence-corrected chi connectivity index (χ3v) is 7.35. The Hall–Kier alpha value is -2.64. The summed E-state index contributed by atoms with van der Waals surface area (Å²) in [6, 6.07) is 15.2. The van der Waals surface area contributed by atoms with Crippen LogP contribution in [0.2, 0.25) is 0 Å². The number of hydrogen-bond acceptors (Lipinski definition) is 6. The normalized spacial score (nSPS) is 22.3. The van der Waals surface area contributed by atoms with E-state index in [4.69, 9.17) is 9.47 Å². The van der Waals surface area contributed by atoms with E-state index in [0.717, 1.165) is 53.9 Å². The van der Waals surface area contributed by atoms with Crippen molar-refractivity contribution in [1.29, 1.82) is 0 Å². The summed E-state index contributed by atoms with van der Waals surface area (Å²) < 4.78 is 13.0. The molecule has 0 spiro atoms. The molecule has 32 heavy (non-hydrogen) atoms. The van der Waals surface area contributed by atoms with Crippen LogP contribution >= 0.6 is 11.3 Å². The molecule has 0 radical (unpaired) electrons. The minimum atomic E-state index is 0.227. The monoisotopic (exact) mass is 451 g/mol. The molecule has 3 aromatic rings. The van der Waals surface area contributed by atoms with Crippen molar-refractivity contribution in [2.75, 3.05) is 13.2 Å². The molecule has 2 bridgehead atoms. The molecule has 1 amide bonds. The smallest absolute Gasteiger partial charge is 0.279 e. The van der Waals surface area contributed by atoms with E-state index < -0.39 is 0 Å². The van der Waals surface area contributed by atoms with Crippen LogP contribution < -0.4 is 14.8 Å². The number of nitrogens with zero attached hydrogens (tertiary/aromatic N) is 2. The zero-order chi connectivity index (χ0) is 22.1. The van der Waals surface area contributed by atoms with Crippen molar-refractivity contribution >= 4 is 27.5 Å². The first-order chi connectivity index (χ1) is 15.5. The standard InChI is InChI=1S/C25H29N3O3S/c1-16-3-10-23-24(13-16)32-25(27-23)31-22-8-6-21(7-9-22)30-12-11-26-18-14-19-4-5-20(15-18)28(19)17(2)29/h3,6-10,13,18-20,26H,4-5,11-12,14-15H2,1-2H3/t18?,19-,20+. The van der Waals surface area contributed by atoms with E-state index in [1.165, 1.54) is 5.56 Å². The number of aromatic nitrogens is 1. The fraction of sp³-hybridized carbons (Fsp3) is 0.440. The van der Waals surface area contributed by atoms with Gasteiger partial charge in [-0.25, -0.2) is 4.98 Å². The van der Waals surface area contributed by atoms with Gasteiger partial charge in [-0.15, -0.1) is 0 Å². The Morgan fingerprint density at radius 2 is 1.84 bits per heavy atom. The molecular formula is C25H29N3O3S. The summed E-state index contributed by atoms with van der Waals surface area (Å²) in [5.41, 5.74) is 2.18. The largest absolute Gasteiger partial charge is 0.492 e. The molecule has 5 rings (SSSR count). The molecule has 2 aliphatic heterocycles. The van der Waals surface area contributed by atoms with Crippen molar-refractivity contribution in [3.63, 3.8) is 0 Å². The molecule has 2 fully saturated rings. The molecule has 2 saturated heterocycles. The molecule has 168 valence electrons. The lowest BCUT2D eigenvalue weighted by atomic mass is 9.97. The van der Waals surface area contributed by atoms with E-state index >= 15 is 0 Å². The number of fused-ring (bicyclic) bond motifs is 3. The van der Waals surface area contributed by atoms with Crippen molar-refractivity contribution < 1.29 is 14.3 Å². The minimum Gasteiger partial charge on any atom is -0.492 e. The number of rotatable bonds is 7. The van der Waals surface area contributed by atoms with Crippen LogP contribution in [0, 0.1) is 6.92 Å². The van der Waals surface area contributed by atoms with Gasteiger partial charge in [0.1, 0.15) is 18.1 Å². The summed E-state index contributed by atoms with van der Waals surface area (Å²) in [5.74, 6) is 1.80. The van der Waals surface area contributed by atoms with Gasteiger partial charge in [0.2, 0.25) is 5.91 Å². The van der Waals surface area contributed by atoms with Crippen LogP contribution in [-0.2, 0) is 4.79 Å². The van der Waals surface area contributed by atoms with Crippen LogP contribution in [0.25, 0.3) is 10.2 Å². The number of amides is 1. The van der Waals surface area contributed by atoms with Crippen molar-refractivity contribution in [2.24, 2.45) is 0 Å². The lowest BCUT2D eigenvalue weighted by Gasteiger charge is -2.38. The van der Waals surface area contributed by atoms with Gasteiger partial charge in [-0.3, -0.25) is 4.79 Å². The molecule has 1 aromatic heterocycles. The summed E-state index contributed by atoms with van der Waals surface area (Å²) in [7, 11) is 0. The average Bonchev–Trinajstić information content (AvgIpc) is 3.29. The minimum absolute atomic E-state index is 0.227. The number of benzene rings is 2. The average molecular weight is 452 g/mol. The van der Waals surface area contributed by atoms with Gasteiger partial charge in [0.15, 0.2) is 0 Å². The van der Waals surface area contributed by atoms with Gasteiger partial charge in [0.25, 0.3) is 5.19 Å².